The summed E-state index contributed by atoms with van der Waals surface area (Å²) in [5, 5.41) is 0. The Balaban J connectivity index is 2.44. The Bertz CT molecular complexity index is 437. The van der Waals surface area contributed by atoms with Crippen LogP contribution in [0.15, 0.2) is 41.1 Å². The van der Waals surface area contributed by atoms with Crippen LogP contribution in [0, 0.1) is 6.92 Å². The molecule has 70 valence electrons. The molecule has 0 aliphatic carbocycles. The van der Waals surface area contributed by atoms with E-state index in [2.05, 4.69) is 25.9 Å². The Kier molecular flexibility index (Phi) is 2.59. The Morgan fingerprint density at radius 1 is 1.07 bits per heavy atom. The van der Waals surface area contributed by atoms with Crippen molar-refractivity contribution in [1.29, 1.82) is 0 Å². The normalized spacial score (nSPS) is 10.1. The number of benzene rings is 1. The first-order valence-electron chi connectivity index (χ1n) is 4.30. The molecule has 0 saturated heterocycles. The molecular weight excluding hydrogens is 240 g/mol. The molecule has 1 aromatic heterocycles. The second-order valence-corrected chi connectivity index (χ2v) is 3.94. The van der Waals surface area contributed by atoms with Crippen LogP contribution in [0.5, 0.6) is 0 Å². The molecule has 0 N–H and O–H groups in total. The molecule has 2 rings (SSSR count). The number of hydrogen-bond donors (Lipinski definition) is 0. The van der Waals surface area contributed by atoms with Crippen molar-refractivity contribution in [3.63, 3.8) is 0 Å². The van der Waals surface area contributed by atoms with Crippen molar-refractivity contribution < 1.29 is 0 Å². The van der Waals surface area contributed by atoms with Gasteiger partial charge in [0.1, 0.15) is 5.82 Å². The smallest absolute Gasteiger partial charge is 0.125 e. The lowest BCUT2D eigenvalue weighted by Gasteiger charge is -2.01. The van der Waals surface area contributed by atoms with Crippen molar-refractivity contribution in [1.82, 2.24) is 9.97 Å². The minimum Gasteiger partial charge on any atom is -0.241 e. The maximum Gasteiger partial charge on any atom is 0.125 e. The predicted molar refractivity (Wildman–Crippen MR) is 59.9 cm³/mol. The summed E-state index contributed by atoms with van der Waals surface area (Å²) in [7, 11) is 0. The van der Waals surface area contributed by atoms with Gasteiger partial charge in [-0.05, 0) is 24.6 Å². The standard InChI is InChI=1S/C11H9BrN2/c1-8-13-6-10(7-14-8)9-3-2-4-11(12)5-9/h2-7H,1H3. The van der Waals surface area contributed by atoms with E-state index in [0.29, 0.717) is 0 Å². The molecule has 0 unspecified atom stereocenters. The fourth-order valence-electron chi connectivity index (χ4n) is 1.21. The van der Waals surface area contributed by atoms with Gasteiger partial charge in [0.25, 0.3) is 0 Å². The lowest BCUT2D eigenvalue weighted by Crippen LogP contribution is -1.87. The molecule has 2 nitrogen and oxygen atoms in total. The van der Waals surface area contributed by atoms with Gasteiger partial charge in [-0.1, -0.05) is 28.1 Å². The van der Waals surface area contributed by atoms with Gasteiger partial charge in [-0.25, -0.2) is 9.97 Å². The molecule has 0 bridgehead atoms. The van der Waals surface area contributed by atoms with Crippen LogP contribution in [0.4, 0.5) is 0 Å². The average Bonchev–Trinajstić information content (AvgIpc) is 2.19. The van der Waals surface area contributed by atoms with E-state index in [1.54, 1.807) is 0 Å². The van der Waals surface area contributed by atoms with E-state index in [0.717, 1.165) is 21.4 Å². The van der Waals surface area contributed by atoms with Crippen molar-refractivity contribution in [2.75, 3.05) is 0 Å². The maximum absolute atomic E-state index is 4.16. The summed E-state index contributed by atoms with van der Waals surface area (Å²) in [4.78, 5) is 8.32. The van der Waals surface area contributed by atoms with Crippen LogP contribution in [-0.4, -0.2) is 9.97 Å². The van der Waals surface area contributed by atoms with Crippen LogP contribution < -0.4 is 0 Å². The van der Waals surface area contributed by atoms with E-state index in [1.165, 1.54) is 0 Å². The highest BCUT2D eigenvalue weighted by Gasteiger charge is 1.98. The lowest BCUT2D eigenvalue weighted by atomic mass is 10.1. The van der Waals surface area contributed by atoms with Gasteiger partial charge < -0.3 is 0 Å². The third-order valence-electron chi connectivity index (χ3n) is 1.94. The molecular formula is C11H9BrN2. The highest BCUT2D eigenvalue weighted by atomic mass is 79.9. The zero-order chi connectivity index (χ0) is 9.97. The minimum absolute atomic E-state index is 0.795. The summed E-state index contributed by atoms with van der Waals surface area (Å²) in [5.74, 6) is 0.795. The number of halogens is 1. The van der Waals surface area contributed by atoms with Gasteiger partial charge >= 0.3 is 0 Å². The van der Waals surface area contributed by atoms with Crippen LogP contribution in [0.3, 0.4) is 0 Å². The van der Waals surface area contributed by atoms with Crippen LogP contribution in [0.2, 0.25) is 0 Å². The topological polar surface area (TPSA) is 25.8 Å². The number of aryl methyl sites for hydroxylation is 1. The molecule has 0 radical (unpaired) electrons. The Labute approximate surface area is 91.2 Å². The first-order chi connectivity index (χ1) is 6.75. The van der Waals surface area contributed by atoms with Gasteiger partial charge in [-0.3, -0.25) is 0 Å². The van der Waals surface area contributed by atoms with Crippen LogP contribution in [-0.2, 0) is 0 Å². The summed E-state index contributed by atoms with van der Waals surface area (Å²) in [6.07, 6.45) is 3.67. The molecule has 1 heterocycles. The summed E-state index contributed by atoms with van der Waals surface area (Å²) in [5.41, 5.74) is 2.16. The fraction of sp³-hybridized carbons (Fsp3) is 0.0909. The van der Waals surface area contributed by atoms with Crippen molar-refractivity contribution in [3.05, 3.63) is 47.0 Å². The van der Waals surface area contributed by atoms with E-state index >= 15 is 0 Å². The van der Waals surface area contributed by atoms with Crippen molar-refractivity contribution in [3.8, 4) is 11.1 Å². The second-order valence-electron chi connectivity index (χ2n) is 3.03. The van der Waals surface area contributed by atoms with E-state index in [-0.39, 0.29) is 0 Å². The summed E-state index contributed by atoms with van der Waals surface area (Å²) < 4.78 is 1.07. The zero-order valence-electron chi connectivity index (χ0n) is 7.74. The lowest BCUT2D eigenvalue weighted by molar-refractivity contribution is 1.06. The molecule has 0 aliphatic heterocycles. The molecule has 0 spiro atoms. The average molecular weight is 249 g/mol. The first-order valence-corrected chi connectivity index (χ1v) is 5.09. The Hall–Kier alpha value is -1.22. The first kappa shape index (κ1) is 9.34. The third kappa shape index (κ3) is 1.99. The molecule has 14 heavy (non-hydrogen) atoms. The van der Waals surface area contributed by atoms with Crippen LogP contribution in [0.1, 0.15) is 5.82 Å². The SMILES string of the molecule is Cc1ncc(-c2cccc(Br)c2)cn1. The Morgan fingerprint density at radius 3 is 2.43 bits per heavy atom. The van der Waals surface area contributed by atoms with Gasteiger partial charge in [0, 0.05) is 22.4 Å². The third-order valence-corrected chi connectivity index (χ3v) is 2.43. The summed E-state index contributed by atoms with van der Waals surface area (Å²) in [6, 6.07) is 8.09. The van der Waals surface area contributed by atoms with Gasteiger partial charge in [0.2, 0.25) is 0 Å². The maximum atomic E-state index is 4.16. The zero-order valence-corrected chi connectivity index (χ0v) is 9.32. The van der Waals surface area contributed by atoms with E-state index in [1.807, 2.05) is 43.6 Å². The molecule has 0 saturated carbocycles. The van der Waals surface area contributed by atoms with E-state index in [4.69, 9.17) is 0 Å². The van der Waals surface area contributed by atoms with Crippen molar-refractivity contribution >= 4 is 15.9 Å². The van der Waals surface area contributed by atoms with Gasteiger partial charge in [0.15, 0.2) is 0 Å². The number of aromatic nitrogens is 2. The van der Waals surface area contributed by atoms with Gasteiger partial charge in [-0.15, -0.1) is 0 Å². The predicted octanol–water partition coefficient (Wildman–Crippen LogP) is 3.21. The highest BCUT2D eigenvalue weighted by Crippen LogP contribution is 2.21. The monoisotopic (exact) mass is 248 g/mol. The number of rotatable bonds is 1. The van der Waals surface area contributed by atoms with Gasteiger partial charge in [0.05, 0.1) is 0 Å². The largest absolute Gasteiger partial charge is 0.241 e. The molecule has 0 amide bonds. The van der Waals surface area contributed by atoms with Crippen molar-refractivity contribution in [2.45, 2.75) is 6.92 Å². The minimum atomic E-state index is 0.795. The fourth-order valence-corrected chi connectivity index (χ4v) is 1.61. The van der Waals surface area contributed by atoms with Gasteiger partial charge in [-0.2, -0.15) is 0 Å². The summed E-state index contributed by atoms with van der Waals surface area (Å²) in [6.45, 7) is 1.88. The number of hydrogen-bond acceptors (Lipinski definition) is 2. The molecule has 1 aromatic carbocycles. The summed E-state index contributed by atoms with van der Waals surface area (Å²) >= 11 is 3.43. The molecule has 0 aliphatic rings. The molecule has 3 heteroatoms. The Morgan fingerprint density at radius 2 is 1.79 bits per heavy atom. The second kappa shape index (κ2) is 3.88. The highest BCUT2D eigenvalue weighted by molar-refractivity contribution is 9.10. The number of nitrogens with zero attached hydrogens (tertiary/aromatic N) is 2. The van der Waals surface area contributed by atoms with Crippen LogP contribution in [0.25, 0.3) is 11.1 Å². The molecule has 0 atom stereocenters. The van der Waals surface area contributed by atoms with E-state index < -0.39 is 0 Å². The molecule has 2 aromatic rings. The van der Waals surface area contributed by atoms with Crippen molar-refractivity contribution in [2.24, 2.45) is 0 Å². The van der Waals surface area contributed by atoms with Crippen LogP contribution >= 0.6 is 15.9 Å². The quantitative estimate of drug-likeness (QED) is 0.775. The van der Waals surface area contributed by atoms with E-state index in [9.17, 15) is 0 Å². The molecule has 0 fully saturated rings.